The highest BCUT2D eigenvalue weighted by molar-refractivity contribution is 9.10. The largest absolute Gasteiger partial charge is 0.419 e. The number of hydrogen-bond acceptors (Lipinski definition) is 4. The normalized spacial score (nSPS) is 18.1. The average molecular weight is 384 g/mol. The van der Waals surface area contributed by atoms with E-state index >= 15 is 0 Å². The molecular weight excluding hydrogens is 366 g/mol. The van der Waals surface area contributed by atoms with Gasteiger partial charge in [0.1, 0.15) is 0 Å². The van der Waals surface area contributed by atoms with E-state index in [0.717, 1.165) is 23.1 Å². The first-order valence-corrected chi connectivity index (χ1v) is 8.93. The Morgan fingerprint density at radius 3 is 2.62 bits per heavy atom. The fraction of sp³-hybridized carbons (Fsp3) is 0.263. The van der Waals surface area contributed by atoms with E-state index in [-0.39, 0.29) is 0 Å². The fourth-order valence-corrected chi connectivity index (χ4v) is 3.46. The van der Waals surface area contributed by atoms with E-state index in [1.54, 1.807) is 0 Å². The van der Waals surface area contributed by atoms with Crippen LogP contribution in [0.4, 0.5) is 0 Å². The van der Waals surface area contributed by atoms with Gasteiger partial charge in [0.05, 0.1) is 6.54 Å². The molecule has 0 spiro atoms. The minimum atomic E-state index is 0.580. The summed E-state index contributed by atoms with van der Waals surface area (Å²) >= 11 is 3.43. The molecule has 4 nitrogen and oxygen atoms in total. The van der Waals surface area contributed by atoms with Crippen molar-refractivity contribution in [2.24, 2.45) is 0 Å². The molecule has 0 amide bonds. The van der Waals surface area contributed by atoms with Crippen molar-refractivity contribution in [2.45, 2.75) is 18.9 Å². The first-order valence-electron chi connectivity index (χ1n) is 8.13. The van der Waals surface area contributed by atoms with E-state index < -0.39 is 0 Å². The zero-order valence-electron chi connectivity index (χ0n) is 13.2. The van der Waals surface area contributed by atoms with Crippen LogP contribution in [0.15, 0.2) is 63.5 Å². The van der Waals surface area contributed by atoms with Crippen LogP contribution in [0, 0.1) is 0 Å². The quantitative estimate of drug-likeness (QED) is 0.665. The van der Waals surface area contributed by atoms with Crippen LogP contribution < -0.4 is 0 Å². The Morgan fingerprint density at radius 2 is 1.83 bits per heavy atom. The van der Waals surface area contributed by atoms with Crippen LogP contribution >= 0.6 is 15.9 Å². The molecule has 0 saturated carbocycles. The lowest BCUT2D eigenvalue weighted by Crippen LogP contribution is -2.19. The smallest absolute Gasteiger partial charge is 0.247 e. The highest BCUT2D eigenvalue weighted by Gasteiger charge is 2.25. The lowest BCUT2D eigenvalue weighted by atomic mass is 9.99. The summed E-state index contributed by atoms with van der Waals surface area (Å²) in [4.78, 5) is 2.39. The maximum absolute atomic E-state index is 5.83. The molecule has 4 rings (SSSR count). The van der Waals surface area contributed by atoms with Crippen molar-refractivity contribution in [3.05, 3.63) is 70.5 Å². The molecule has 0 bridgehead atoms. The summed E-state index contributed by atoms with van der Waals surface area (Å²) in [5.41, 5.74) is 2.36. The molecule has 1 fully saturated rings. The lowest BCUT2D eigenvalue weighted by molar-refractivity contribution is 0.289. The number of rotatable bonds is 4. The first kappa shape index (κ1) is 15.5. The van der Waals surface area contributed by atoms with Gasteiger partial charge >= 0.3 is 0 Å². The summed E-state index contributed by atoms with van der Waals surface area (Å²) in [5, 5.41) is 8.38. The molecule has 1 atom stereocenters. The van der Waals surface area contributed by atoms with Crippen molar-refractivity contribution < 1.29 is 4.42 Å². The third kappa shape index (κ3) is 3.42. The van der Waals surface area contributed by atoms with Gasteiger partial charge in [0.15, 0.2) is 0 Å². The molecule has 0 aliphatic carbocycles. The van der Waals surface area contributed by atoms with Crippen LogP contribution in [-0.4, -0.2) is 28.2 Å². The average Bonchev–Trinajstić information content (AvgIpc) is 3.27. The van der Waals surface area contributed by atoms with Crippen molar-refractivity contribution in [3.63, 3.8) is 0 Å². The number of halogens is 1. The Hall–Kier alpha value is -1.98. The molecule has 24 heavy (non-hydrogen) atoms. The second-order valence-corrected chi connectivity index (χ2v) is 7.05. The summed E-state index contributed by atoms with van der Waals surface area (Å²) in [6.07, 6.45) is 1.18. The molecule has 1 aromatic heterocycles. The molecule has 122 valence electrons. The van der Waals surface area contributed by atoms with Crippen molar-refractivity contribution in [2.75, 3.05) is 13.1 Å². The van der Waals surface area contributed by atoms with Crippen LogP contribution in [0.5, 0.6) is 0 Å². The van der Waals surface area contributed by atoms with E-state index in [1.807, 2.05) is 24.3 Å². The number of benzene rings is 2. The van der Waals surface area contributed by atoms with Gasteiger partial charge in [-0.15, -0.1) is 10.2 Å². The van der Waals surface area contributed by atoms with Crippen molar-refractivity contribution in [3.8, 4) is 11.5 Å². The maximum atomic E-state index is 5.83. The van der Waals surface area contributed by atoms with Crippen LogP contribution in [0.3, 0.4) is 0 Å². The number of aromatic nitrogens is 2. The van der Waals surface area contributed by atoms with Crippen molar-refractivity contribution in [1.29, 1.82) is 0 Å². The van der Waals surface area contributed by atoms with Gasteiger partial charge in [0.25, 0.3) is 0 Å². The molecule has 0 radical (unpaired) electrons. The Labute approximate surface area is 149 Å². The van der Waals surface area contributed by atoms with Gasteiger partial charge in [-0.3, -0.25) is 4.90 Å². The fourth-order valence-electron chi connectivity index (χ4n) is 3.19. The monoisotopic (exact) mass is 383 g/mol. The van der Waals surface area contributed by atoms with Gasteiger partial charge in [-0.05, 0) is 48.7 Å². The molecule has 5 heteroatoms. The maximum Gasteiger partial charge on any atom is 0.247 e. The van der Waals surface area contributed by atoms with Crippen molar-refractivity contribution >= 4 is 15.9 Å². The Kier molecular flexibility index (Phi) is 4.45. The zero-order valence-corrected chi connectivity index (χ0v) is 14.8. The SMILES string of the molecule is Brc1ccc(-c2nnc(CN3CCC(c4ccccc4)C3)o2)cc1. The predicted molar refractivity (Wildman–Crippen MR) is 96.5 cm³/mol. The second kappa shape index (κ2) is 6.87. The predicted octanol–water partition coefficient (Wildman–Crippen LogP) is 4.49. The molecule has 1 saturated heterocycles. The zero-order chi connectivity index (χ0) is 16.4. The molecular formula is C19H18BrN3O. The lowest BCUT2D eigenvalue weighted by Gasteiger charge is -2.13. The van der Waals surface area contributed by atoms with Crippen LogP contribution in [0.2, 0.25) is 0 Å². The van der Waals surface area contributed by atoms with Gasteiger partial charge in [0.2, 0.25) is 11.8 Å². The van der Waals surface area contributed by atoms with Crippen molar-refractivity contribution in [1.82, 2.24) is 15.1 Å². The Morgan fingerprint density at radius 1 is 1.04 bits per heavy atom. The highest BCUT2D eigenvalue weighted by Crippen LogP contribution is 2.28. The van der Waals surface area contributed by atoms with E-state index in [2.05, 4.69) is 61.4 Å². The minimum absolute atomic E-state index is 0.580. The standard InChI is InChI=1S/C19H18BrN3O/c20-17-8-6-15(7-9-17)19-22-21-18(24-19)13-23-11-10-16(12-23)14-4-2-1-3-5-14/h1-9,16H,10-13H2. The summed E-state index contributed by atoms with van der Waals surface area (Å²) in [6.45, 7) is 2.82. The van der Waals surface area contributed by atoms with Crippen LogP contribution in [0.1, 0.15) is 23.8 Å². The van der Waals surface area contributed by atoms with Gasteiger partial charge in [-0.25, -0.2) is 0 Å². The van der Waals surface area contributed by atoms with E-state index in [0.29, 0.717) is 24.2 Å². The highest BCUT2D eigenvalue weighted by atomic mass is 79.9. The van der Waals surface area contributed by atoms with E-state index in [9.17, 15) is 0 Å². The molecule has 2 aromatic carbocycles. The van der Waals surface area contributed by atoms with Gasteiger partial charge in [-0.1, -0.05) is 46.3 Å². The molecule has 2 heterocycles. The number of likely N-dealkylation sites (tertiary alicyclic amines) is 1. The van der Waals surface area contributed by atoms with Crippen LogP contribution in [0.25, 0.3) is 11.5 Å². The van der Waals surface area contributed by atoms with E-state index in [1.165, 1.54) is 12.0 Å². The topological polar surface area (TPSA) is 42.2 Å². The first-order chi connectivity index (χ1) is 11.8. The second-order valence-electron chi connectivity index (χ2n) is 6.14. The molecule has 0 N–H and O–H groups in total. The Balaban J connectivity index is 1.41. The summed E-state index contributed by atoms with van der Waals surface area (Å²) < 4.78 is 6.87. The molecule has 3 aromatic rings. The number of hydrogen-bond donors (Lipinski definition) is 0. The third-order valence-electron chi connectivity index (χ3n) is 4.46. The molecule has 1 aliphatic heterocycles. The van der Waals surface area contributed by atoms with E-state index in [4.69, 9.17) is 4.42 Å². The van der Waals surface area contributed by atoms with Gasteiger partial charge < -0.3 is 4.42 Å². The van der Waals surface area contributed by atoms with Crippen LogP contribution in [-0.2, 0) is 6.54 Å². The molecule has 1 aliphatic rings. The summed E-state index contributed by atoms with van der Waals surface area (Å²) in [6, 6.07) is 18.6. The molecule has 1 unspecified atom stereocenters. The Bertz CT molecular complexity index is 801. The minimum Gasteiger partial charge on any atom is -0.419 e. The van der Waals surface area contributed by atoms with Gasteiger partial charge in [-0.2, -0.15) is 0 Å². The number of nitrogens with zero attached hydrogens (tertiary/aromatic N) is 3. The summed E-state index contributed by atoms with van der Waals surface area (Å²) in [7, 11) is 0. The van der Waals surface area contributed by atoms with Gasteiger partial charge in [0, 0.05) is 16.6 Å². The third-order valence-corrected chi connectivity index (χ3v) is 4.99. The summed E-state index contributed by atoms with van der Waals surface area (Å²) in [5.74, 6) is 1.86.